The molecule has 21 heavy (non-hydrogen) atoms. The fraction of sp³-hybridized carbons (Fsp3) is 0.368. The van der Waals surface area contributed by atoms with Crippen molar-refractivity contribution in [1.29, 1.82) is 0 Å². The van der Waals surface area contributed by atoms with Crippen molar-refractivity contribution in [1.82, 2.24) is 0 Å². The standard InChI is InChI=1S/C19H24O2/c1-2-15(17-12-6-8-14-19(17)21)9-3-4-10-16-11-5-7-13-18(16)20/h5-8,11-15,20-21H,2-4,9-10H2,1H3. The highest BCUT2D eigenvalue weighted by atomic mass is 16.3. The number of hydrogen-bond donors (Lipinski definition) is 2. The predicted molar refractivity (Wildman–Crippen MR) is 86.8 cm³/mol. The number of phenols is 2. The molecule has 0 fully saturated rings. The highest BCUT2D eigenvalue weighted by molar-refractivity contribution is 5.35. The number of hydrogen-bond acceptors (Lipinski definition) is 2. The van der Waals surface area contributed by atoms with Gasteiger partial charge in [-0.15, -0.1) is 0 Å². The van der Waals surface area contributed by atoms with E-state index in [9.17, 15) is 10.2 Å². The molecule has 112 valence electrons. The molecule has 2 rings (SSSR count). The Morgan fingerprint density at radius 2 is 1.52 bits per heavy atom. The first-order valence-electron chi connectivity index (χ1n) is 7.77. The summed E-state index contributed by atoms with van der Waals surface area (Å²) in [6.07, 6.45) is 5.17. The molecule has 0 spiro atoms. The van der Waals surface area contributed by atoms with Crippen molar-refractivity contribution in [2.75, 3.05) is 0 Å². The van der Waals surface area contributed by atoms with E-state index in [1.54, 1.807) is 12.1 Å². The van der Waals surface area contributed by atoms with Crippen LogP contribution in [0.2, 0.25) is 0 Å². The van der Waals surface area contributed by atoms with Crippen molar-refractivity contribution < 1.29 is 10.2 Å². The molecule has 2 nitrogen and oxygen atoms in total. The molecular formula is C19H24O2. The van der Waals surface area contributed by atoms with Gasteiger partial charge in [-0.2, -0.15) is 0 Å². The summed E-state index contributed by atoms with van der Waals surface area (Å²) in [5.74, 6) is 1.21. The second-order valence-corrected chi connectivity index (χ2v) is 5.54. The summed E-state index contributed by atoms with van der Waals surface area (Å²) in [5.41, 5.74) is 2.08. The molecule has 0 aromatic heterocycles. The summed E-state index contributed by atoms with van der Waals surface area (Å²) in [6, 6.07) is 15.2. The summed E-state index contributed by atoms with van der Waals surface area (Å²) in [6.45, 7) is 2.17. The first-order chi connectivity index (χ1) is 10.2. The average molecular weight is 284 g/mol. The molecule has 0 aliphatic rings. The largest absolute Gasteiger partial charge is 0.508 e. The van der Waals surface area contributed by atoms with E-state index in [0.717, 1.165) is 43.2 Å². The SMILES string of the molecule is CCC(CCCCc1ccccc1O)c1ccccc1O. The molecule has 2 heteroatoms. The highest BCUT2D eigenvalue weighted by Gasteiger charge is 2.12. The Morgan fingerprint density at radius 1 is 0.857 bits per heavy atom. The van der Waals surface area contributed by atoms with Gasteiger partial charge in [-0.05, 0) is 54.9 Å². The van der Waals surface area contributed by atoms with Crippen molar-refractivity contribution in [2.45, 2.75) is 44.9 Å². The second-order valence-electron chi connectivity index (χ2n) is 5.54. The molecule has 0 aliphatic heterocycles. The van der Waals surface area contributed by atoms with E-state index in [1.807, 2.05) is 36.4 Å². The van der Waals surface area contributed by atoms with Crippen molar-refractivity contribution in [3.63, 3.8) is 0 Å². The van der Waals surface area contributed by atoms with Crippen LogP contribution in [0.1, 0.15) is 49.7 Å². The maximum Gasteiger partial charge on any atom is 0.119 e. The van der Waals surface area contributed by atoms with Gasteiger partial charge in [0.15, 0.2) is 0 Å². The lowest BCUT2D eigenvalue weighted by atomic mass is 9.90. The molecule has 2 aromatic carbocycles. The molecule has 2 aromatic rings. The lowest BCUT2D eigenvalue weighted by Gasteiger charge is -2.16. The lowest BCUT2D eigenvalue weighted by Crippen LogP contribution is -1.98. The van der Waals surface area contributed by atoms with E-state index in [4.69, 9.17) is 0 Å². The Balaban J connectivity index is 1.85. The third-order valence-corrected chi connectivity index (χ3v) is 4.11. The number of benzene rings is 2. The molecule has 0 radical (unpaired) electrons. The minimum atomic E-state index is 0.394. The summed E-state index contributed by atoms with van der Waals surface area (Å²) < 4.78 is 0. The minimum Gasteiger partial charge on any atom is -0.508 e. The van der Waals surface area contributed by atoms with E-state index in [-0.39, 0.29) is 0 Å². The van der Waals surface area contributed by atoms with Gasteiger partial charge < -0.3 is 10.2 Å². The monoisotopic (exact) mass is 284 g/mol. The molecule has 0 bridgehead atoms. The molecule has 0 amide bonds. The summed E-state index contributed by atoms with van der Waals surface area (Å²) in [5, 5.41) is 19.7. The van der Waals surface area contributed by atoms with Gasteiger partial charge in [0, 0.05) is 0 Å². The van der Waals surface area contributed by atoms with Crippen LogP contribution < -0.4 is 0 Å². The number of rotatable bonds is 7. The van der Waals surface area contributed by atoms with Gasteiger partial charge >= 0.3 is 0 Å². The molecule has 0 saturated heterocycles. The highest BCUT2D eigenvalue weighted by Crippen LogP contribution is 2.32. The molecule has 1 atom stereocenters. The minimum absolute atomic E-state index is 0.394. The van der Waals surface area contributed by atoms with Crippen LogP contribution in [-0.4, -0.2) is 10.2 Å². The second kappa shape index (κ2) is 7.72. The number of phenolic OH excluding ortho intramolecular Hbond substituents is 2. The van der Waals surface area contributed by atoms with E-state index in [1.165, 1.54) is 0 Å². The van der Waals surface area contributed by atoms with Crippen LogP contribution in [0.3, 0.4) is 0 Å². The van der Waals surface area contributed by atoms with Crippen LogP contribution in [0, 0.1) is 0 Å². The maximum absolute atomic E-state index is 9.95. The van der Waals surface area contributed by atoms with E-state index in [0.29, 0.717) is 17.4 Å². The van der Waals surface area contributed by atoms with Crippen LogP contribution in [-0.2, 0) is 6.42 Å². The van der Waals surface area contributed by atoms with Gasteiger partial charge in [-0.1, -0.05) is 49.7 Å². The predicted octanol–water partition coefficient (Wildman–Crippen LogP) is 5.00. The Morgan fingerprint density at radius 3 is 2.19 bits per heavy atom. The van der Waals surface area contributed by atoms with Gasteiger partial charge in [0.1, 0.15) is 11.5 Å². The fourth-order valence-corrected chi connectivity index (χ4v) is 2.84. The first kappa shape index (κ1) is 15.4. The number of unbranched alkanes of at least 4 members (excludes halogenated alkanes) is 1. The van der Waals surface area contributed by atoms with Crippen LogP contribution in [0.5, 0.6) is 11.5 Å². The van der Waals surface area contributed by atoms with Crippen molar-refractivity contribution >= 4 is 0 Å². The van der Waals surface area contributed by atoms with Crippen LogP contribution in [0.15, 0.2) is 48.5 Å². The van der Waals surface area contributed by atoms with Crippen LogP contribution in [0.25, 0.3) is 0 Å². The summed E-state index contributed by atoms with van der Waals surface area (Å²) in [7, 11) is 0. The number of para-hydroxylation sites is 2. The lowest BCUT2D eigenvalue weighted by molar-refractivity contribution is 0.450. The molecular weight excluding hydrogens is 260 g/mol. The quantitative estimate of drug-likeness (QED) is 0.702. The van der Waals surface area contributed by atoms with Gasteiger partial charge in [-0.3, -0.25) is 0 Å². The number of aryl methyl sites for hydroxylation is 1. The van der Waals surface area contributed by atoms with Gasteiger partial charge in [0.2, 0.25) is 0 Å². The summed E-state index contributed by atoms with van der Waals surface area (Å²) in [4.78, 5) is 0. The normalized spacial score (nSPS) is 12.2. The zero-order valence-corrected chi connectivity index (χ0v) is 12.6. The third kappa shape index (κ3) is 4.25. The Bertz CT molecular complexity index is 563. The van der Waals surface area contributed by atoms with Crippen LogP contribution >= 0.6 is 0 Å². The topological polar surface area (TPSA) is 40.5 Å². The Kier molecular flexibility index (Phi) is 5.68. The van der Waals surface area contributed by atoms with E-state index in [2.05, 4.69) is 6.92 Å². The molecule has 0 saturated carbocycles. The smallest absolute Gasteiger partial charge is 0.119 e. The van der Waals surface area contributed by atoms with Crippen molar-refractivity contribution in [2.24, 2.45) is 0 Å². The Labute approximate surface area is 127 Å². The van der Waals surface area contributed by atoms with Gasteiger partial charge in [0.25, 0.3) is 0 Å². The zero-order valence-electron chi connectivity index (χ0n) is 12.6. The molecule has 0 heterocycles. The van der Waals surface area contributed by atoms with E-state index < -0.39 is 0 Å². The van der Waals surface area contributed by atoms with Crippen molar-refractivity contribution in [3.8, 4) is 11.5 Å². The third-order valence-electron chi connectivity index (χ3n) is 4.11. The van der Waals surface area contributed by atoms with Crippen LogP contribution in [0.4, 0.5) is 0 Å². The molecule has 1 unspecified atom stereocenters. The zero-order chi connectivity index (χ0) is 15.1. The maximum atomic E-state index is 9.95. The fourth-order valence-electron chi connectivity index (χ4n) is 2.84. The first-order valence-corrected chi connectivity index (χ1v) is 7.77. The number of aromatic hydroxyl groups is 2. The Hall–Kier alpha value is -1.96. The molecule has 2 N–H and O–H groups in total. The van der Waals surface area contributed by atoms with Gasteiger partial charge in [-0.25, -0.2) is 0 Å². The summed E-state index contributed by atoms with van der Waals surface area (Å²) >= 11 is 0. The van der Waals surface area contributed by atoms with Gasteiger partial charge in [0.05, 0.1) is 0 Å². The average Bonchev–Trinajstić information content (AvgIpc) is 2.50. The van der Waals surface area contributed by atoms with Crippen molar-refractivity contribution in [3.05, 3.63) is 59.7 Å². The molecule has 0 aliphatic carbocycles. The van der Waals surface area contributed by atoms with E-state index >= 15 is 0 Å².